The van der Waals surface area contributed by atoms with Gasteiger partial charge in [0.25, 0.3) is 0 Å². The summed E-state index contributed by atoms with van der Waals surface area (Å²) >= 11 is 0. The van der Waals surface area contributed by atoms with Gasteiger partial charge >= 0.3 is 5.97 Å². The van der Waals surface area contributed by atoms with Crippen LogP contribution in [0, 0.1) is 11.8 Å². The molecule has 2 aromatic rings. The van der Waals surface area contributed by atoms with Crippen molar-refractivity contribution in [1.82, 2.24) is 9.97 Å². The first-order chi connectivity index (χ1) is 12.3. The summed E-state index contributed by atoms with van der Waals surface area (Å²) in [7, 11) is -3.36. The Bertz CT molecular complexity index is 906. The Hall–Kier alpha value is -2.13. The molecule has 1 fully saturated rings. The molecule has 144 valence electrons. The van der Waals surface area contributed by atoms with E-state index in [9.17, 15) is 18.3 Å². The smallest absolute Gasteiger partial charge is 0.306 e. The number of nitrogens with one attached hydrogen (secondary N) is 2. The lowest BCUT2D eigenvalue weighted by Crippen LogP contribution is -2.25. The Balaban J connectivity index is 0.00000261. The van der Waals surface area contributed by atoms with E-state index >= 15 is 0 Å². The first-order valence-corrected chi connectivity index (χ1v) is 10.4. The second kappa shape index (κ2) is 7.24. The van der Waals surface area contributed by atoms with Crippen molar-refractivity contribution in [3.05, 3.63) is 24.0 Å². The van der Waals surface area contributed by atoms with Crippen LogP contribution in [-0.2, 0) is 14.8 Å². The second-order valence-corrected chi connectivity index (χ2v) is 8.77. The maximum atomic E-state index is 11.7. The SMILES string of the molecule is CCS(=O)(=O)Nc1ccc2nc(C(O)C3CCC(C(=O)O)CC3)[nH]c2c1.[3HH]. The van der Waals surface area contributed by atoms with E-state index in [1.807, 2.05) is 0 Å². The average molecular weight is 385 g/mol. The number of fused-ring (bicyclic) bond motifs is 1. The van der Waals surface area contributed by atoms with Gasteiger partial charge in [-0.2, -0.15) is 0 Å². The third-order valence-corrected chi connectivity index (χ3v) is 6.31. The molecule has 1 saturated carbocycles. The minimum Gasteiger partial charge on any atom is -0.481 e. The Morgan fingerprint density at radius 1 is 1.38 bits per heavy atom. The largest absolute Gasteiger partial charge is 0.481 e. The van der Waals surface area contributed by atoms with Crippen LogP contribution in [0.4, 0.5) is 5.69 Å². The van der Waals surface area contributed by atoms with E-state index in [4.69, 9.17) is 5.11 Å². The molecule has 1 atom stereocenters. The van der Waals surface area contributed by atoms with Gasteiger partial charge < -0.3 is 15.2 Å². The van der Waals surface area contributed by atoms with Crippen molar-refractivity contribution in [2.24, 2.45) is 11.8 Å². The molecule has 1 aromatic heterocycles. The highest BCUT2D eigenvalue weighted by Crippen LogP contribution is 2.36. The summed E-state index contributed by atoms with van der Waals surface area (Å²) in [5.41, 5.74) is 1.71. The number of hydrogen-bond donors (Lipinski definition) is 4. The van der Waals surface area contributed by atoms with Gasteiger partial charge in [0.15, 0.2) is 0 Å². The zero-order valence-corrected chi connectivity index (χ0v) is 15.3. The molecule has 0 aliphatic heterocycles. The summed E-state index contributed by atoms with van der Waals surface area (Å²) in [6.07, 6.45) is 1.58. The van der Waals surface area contributed by atoms with Gasteiger partial charge in [-0.1, -0.05) is 0 Å². The van der Waals surface area contributed by atoms with Crippen LogP contribution in [-0.4, -0.2) is 40.3 Å². The molecule has 26 heavy (non-hydrogen) atoms. The Labute approximate surface area is 153 Å². The highest BCUT2D eigenvalue weighted by atomic mass is 32.2. The number of carboxylic acids is 1. The van der Waals surface area contributed by atoms with Crippen LogP contribution < -0.4 is 4.72 Å². The van der Waals surface area contributed by atoms with Gasteiger partial charge in [0, 0.05) is 1.43 Å². The lowest BCUT2D eigenvalue weighted by molar-refractivity contribution is -0.143. The fourth-order valence-corrected chi connectivity index (χ4v) is 4.02. The minimum atomic E-state index is -3.36. The molecule has 1 aliphatic carbocycles. The predicted octanol–water partition coefficient (Wildman–Crippen LogP) is 2.49. The molecule has 0 radical (unpaired) electrons. The zero-order valence-electron chi connectivity index (χ0n) is 14.5. The molecule has 1 aromatic carbocycles. The molecule has 9 heteroatoms. The molecular formula is C17H25N3O5S. The summed E-state index contributed by atoms with van der Waals surface area (Å²) < 4.78 is 25.8. The third kappa shape index (κ3) is 3.99. The number of sulfonamides is 1. The predicted molar refractivity (Wildman–Crippen MR) is 99.3 cm³/mol. The van der Waals surface area contributed by atoms with Gasteiger partial charge in [-0.05, 0) is 56.7 Å². The summed E-state index contributed by atoms with van der Waals surface area (Å²) in [6, 6.07) is 4.97. The summed E-state index contributed by atoms with van der Waals surface area (Å²) in [5.74, 6) is -0.734. The van der Waals surface area contributed by atoms with Crippen molar-refractivity contribution in [2.45, 2.75) is 38.7 Å². The van der Waals surface area contributed by atoms with E-state index < -0.39 is 22.1 Å². The minimum absolute atomic E-state index is 0. The number of aliphatic hydroxyl groups excluding tert-OH is 1. The van der Waals surface area contributed by atoms with E-state index in [0.717, 1.165) is 0 Å². The number of nitrogens with zero attached hydrogens (tertiary/aromatic N) is 1. The monoisotopic (exact) mass is 385 g/mol. The van der Waals surface area contributed by atoms with Crippen LogP contribution in [0.5, 0.6) is 0 Å². The highest BCUT2D eigenvalue weighted by molar-refractivity contribution is 7.92. The number of aliphatic hydroxyl groups is 1. The number of carbonyl (C=O) groups is 1. The van der Waals surface area contributed by atoms with Crippen molar-refractivity contribution in [2.75, 3.05) is 10.5 Å². The van der Waals surface area contributed by atoms with Gasteiger partial charge in [0.1, 0.15) is 11.9 Å². The van der Waals surface area contributed by atoms with Crippen molar-refractivity contribution in [3.63, 3.8) is 0 Å². The van der Waals surface area contributed by atoms with Crippen LogP contribution in [0.3, 0.4) is 0 Å². The Morgan fingerprint density at radius 2 is 2.08 bits per heavy atom. The van der Waals surface area contributed by atoms with Crippen molar-refractivity contribution >= 4 is 32.7 Å². The average Bonchev–Trinajstić information content (AvgIpc) is 3.04. The normalized spacial score (nSPS) is 22.2. The van der Waals surface area contributed by atoms with Gasteiger partial charge in [0.05, 0.1) is 28.4 Å². The van der Waals surface area contributed by atoms with Crippen LogP contribution in [0.2, 0.25) is 0 Å². The first-order valence-electron chi connectivity index (χ1n) is 8.70. The number of rotatable bonds is 6. The molecule has 0 saturated heterocycles. The van der Waals surface area contributed by atoms with Crippen LogP contribution >= 0.6 is 0 Å². The fraction of sp³-hybridized carbons (Fsp3) is 0.529. The number of carboxylic acid groups (broad SMARTS) is 1. The lowest BCUT2D eigenvalue weighted by atomic mass is 9.79. The number of aliphatic carboxylic acids is 1. The van der Waals surface area contributed by atoms with Gasteiger partial charge in [-0.15, -0.1) is 0 Å². The first kappa shape index (κ1) is 18.7. The number of H-pyrrole nitrogens is 1. The Morgan fingerprint density at radius 3 is 2.69 bits per heavy atom. The van der Waals surface area contributed by atoms with Gasteiger partial charge in [0.2, 0.25) is 10.0 Å². The lowest BCUT2D eigenvalue weighted by Gasteiger charge is -2.28. The molecule has 1 heterocycles. The van der Waals surface area contributed by atoms with Crippen LogP contribution in [0.15, 0.2) is 18.2 Å². The van der Waals surface area contributed by atoms with Gasteiger partial charge in [-0.25, -0.2) is 13.4 Å². The summed E-state index contributed by atoms with van der Waals surface area (Å²) in [5, 5.41) is 19.7. The molecular weight excluding hydrogens is 358 g/mol. The fourth-order valence-electron chi connectivity index (χ4n) is 3.39. The molecule has 4 N–H and O–H groups in total. The quantitative estimate of drug-likeness (QED) is 0.604. The summed E-state index contributed by atoms with van der Waals surface area (Å²) in [4.78, 5) is 18.5. The number of benzene rings is 1. The molecule has 1 aliphatic rings. The molecule has 0 spiro atoms. The van der Waals surface area contributed by atoms with E-state index in [1.165, 1.54) is 0 Å². The second-order valence-electron chi connectivity index (χ2n) is 6.75. The van der Waals surface area contributed by atoms with Crippen LogP contribution in [0.1, 0.15) is 46.0 Å². The molecule has 0 bridgehead atoms. The van der Waals surface area contributed by atoms with Crippen molar-refractivity contribution in [1.29, 1.82) is 0 Å². The Kier molecular flexibility index (Phi) is 5.19. The maximum Gasteiger partial charge on any atom is 0.306 e. The van der Waals surface area contributed by atoms with Crippen molar-refractivity contribution < 1.29 is 24.9 Å². The highest BCUT2D eigenvalue weighted by Gasteiger charge is 2.31. The summed E-state index contributed by atoms with van der Waals surface area (Å²) in [6.45, 7) is 1.56. The molecule has 1 unspecified atom stereocenters. The zero-order chi connectivity index (χ0) is 18.9. The number of aromatic nitrogens is 2. The molecule has 0 amide bonds. The molecule has 8 nitrogen and oxygen atoms in total. The number of imidazole rings is 1. The van der Waals surface area contributed by atoms with Crippen LogP contribution in [0.25, 0.3) is 11.0 Å². The van der Waals surface area contributed by atoms with E-state index in [1.54, 1.807) is 25.1 Å². The van der Waals surface area contributed by atoms with E-state index in [2.05, 4.69) is 14.7 Å². The topological polar surface area (TPSA) is 132 Å². The number of anilines is 1. The molecule has 3 rings (SSSR count). The van der Waals surface area contributed by atoms with E-state index in [0.29, 0.717) is 48.2 Å². The third-order valence-electron chi connectivity index (χ3n) is 5.00. The number of hydrogen-bond acceptors (Lipinski definition) is 5. The van der Waals surface area contributed by atoms with Gasteiger partial charge in [-0.3, -0.25) is 9.52 Å². The number of aromatic amines is 1. The van der Waals surface area contributed by atoms with E-state index in [-0.39, 0.29) is 19.0 Å². The maximum absolute atomic E-state index is 11.7. The van der Waals surface area contributed by atoms with Crippen molar-refractivity contribution in [3.8, 4) is 0 Å². The standard InChI is InChI=1S/C17H23N3O5S.H2/c1-2-26(24,25)20-12-7-8-13-14(9-12)19-16(18-13)15(21)10-3-5-11(6-4-10)17(22)23;/h7-11,15,20-21H,2-6H2,1H3,(H,18,19)(H,22,23);1H/i;1+2.